The van der Waals surface area contributed by atoms with Crippen LogP contribution in [0, 0.1) is 0 Å². The fraction of sp³-hybridized carbons (Fsp3) is 0.533. The van der Waals surface area contributed by atoms with Crippen LogP contribution in [0.3, 0.4) is 0 Å². The highest BCUT2D eigenvalue weighted by Gasteiger charge is 2.15. The maximum absolute atomic E-state index is 12.5. The van der Waals surface area contributed by atoms with Gasteiger partial charge in [-0.2, -0.15) is 0 Å². The molecule has 0 spiro atoms. The molecule has 3 heterocycles. The lowest BCUT2D eigenvalue weighted by Gasteiger charge is -2.26. The summed E-state index contributed by atoms with van der Waals surface area (Å²) in [5.41, 5.74) is 1.05. The van der Waals surface area contributed by atoms with Gasteiger partial charge in [0.05, 0.1) is 19.8 Å². The minimum atomic E-state index is -0.221. The molecule has 1 saturated heterocycles. The van der Waals surface area contributed by atoms with E-state index in [4.69, 9.17) is 9.47 Å². The summed E-state index contributed by atoms with van der Waals surface area (Å²) in [6.07, 6.45) is 1.68. The summed E-state index contributed by atoms with van der Waals surface area (Å²) in [4.78, 5) is 23.4. The Morgan fingerprint density at radius 3 is 2.91 bits per heavy atom. The van der Waals surface area contributed by atoms with Crippen LogP contribution in [-0.2, 0) is 11.3 Å². The zero-order chi connectivity index (χ0) is 15.4. The molecule has 0 amide bonds. The predicted molar refractivity (Wildman–Crippen MR) is 82.2 cm³/mol. The van der Waals surface area contributed by atoms with E-state index in [0.717, 1.165) is 32.8 Å². The van der Waals surface area contributed by atoms with Gasteiger partial charge >= 0.3 is 5.56 Å². The SMILES string of the molecule is CCOc1nc2cccnc2n(CCN2CCOCC2)c1=O. The number of fused-ring (bicyclic) bond motifs is 1. The minimum Gasteiger partial charge on any atom is -0.474 e. The molecule has 0 saturated carbocycles. The van der Waals surface area contributed by atoms with Crippen LogP contribution in [0.5, 0.6) is 5.88 Å². The maximum atomic E-state index is 12.5. The summed E-state index contributed by atoms with van der Waals surface area (Å²) in [5.74, 6) is 0.143. The van der Waals surface area contributed by atoms with E-state index in [9.17, 15) is 4.79 Å². The highest BCUT2D eigenvalue weighted by molar-refractivity contribution is 5.70. The molecule has 2 aromatic rings. The van der Waals surface area contributed by atoms with Crippen molar-refractivity contribution in [3.8, 4) is 5.88 Å². The Kier molecular flexibility index (Phi) is 4.65. The summed E-state index contributed by atoms with van der Waals surface area (Å²) < 4.78 is 12.4. The van der Waals surface area contributed by atoms with Gasteiger partial charge in [0, 0.05) is 32.4 Å². The van der Waals surface area contributed by atoms with E-state index in [1.165, 1.54) is 0 Å². The Labute approximate surface area is 128 Å². The van der Waals surface area contributed by atoms with Crippen molar-refractivity contribution in [1.29, 1.82) is 0 Å². The van der Waals surface area contributed by atoms with Crippen molar-refractivity contribution in [3.05, 3.63) is 28.7 Å². The Morgan fingerprint density at radius 2 is 2.14 bits per heavy atom. The van der Waals surface area contributed by atoms with E-state index in [2.05, 4.69) is 14.9 Å². The number of hydrogen-bond donors (Lipinski definition) is 0. The number of ether oxygens (including phenoxy) is 2. The van der Waals surface area contributed by atoms with Gasteiger partial charge in [-0.1, -0.05) is 0 Å². The number of rotatable bonds is 5. The van der Waals surface area contributed by atoms with Crippen molar-refractivity contribution < 1.29 is 9.47 Å². The molecular formula is C15H20N4O3. The van der Waals surface area contributed by atoms with E-state index < -0.39 is 0 Å². The van der Waals surface area contributed by atoms with Crippen LogP contribution in [0.15, 0.2) is 23.1 Å². The lowest BCUT2D eigenvalue weighted by atomic mass is 10.3. The first-order chi connectivity index (χ1) is 10.8. The lowest BCUT2D eigenvalue weighted by molar-refractivity contribution is 0.0364. The molecule has 0 unspecified atom stereocenters. The Morgan fingerprint density at radius 1 is 1.32 bits per heavy atom. The first-order valence-electron chi connectivity index (χ1n) is 7.58. The van der Waals surface area contributed by atoms with Gasteiger partial charge in [0.1, 0.15) is 5.52 Å². The fourth-order valence-corrected chi connectivity index (χ4v) is 2.56. The lowest BCUT2D eigenvalue weighted by Crippen LogP contribution is -2.39. The van der Waals surface area contributed by atoms with Gasteiger partial charge in [0.25, 0.3) is 5.88 Å². The minimum absolute atomic E-state index is 0.143. The molecule has 22 heavy (non-hydrogen) atoms. The number of nitrogens with zero attached hydrogens (tertiary/aromatic N) is 4. The smallest absolute Gasteiger partial charge is 0.314 e. The van der Waals surface area contributed by atoms with Crippen molar-refractivity contribution in [2.45, 2.75) is 13.5 Å². The summed E-state index contributed by atoms with van der Waals surface area (Å²) in [5, 5.41) is 0. The van der Waals surface area contributed by atoms with Gasteiger partial charge in [-0.25, -0.2) is 9.97 Å². The molecule has 3 rings (SSSR count). The Balaban J connectivity index is 1.91. The van der Waals surface area contributed by atoms with Crippen LogP contribution >= 0.6 is 0 Å². The van der Waals surface area contributed by atoms with Crippen LogP contribution in [0.1, 0.15) is 6.92 Å². The standard InChI is InChI=1S/C15H20N4O3/c1-2-22-14-15(20)19(7-6-18-8-10-21-11-9-18)13-12(17-14)4-3-5-16-13/h3-5H,2,6-11H2,1H3. The summed E-state index contributed by atoms with van der Waals surface area (Å²) in [7, 11) is 0. The van der Waals surface area contributed by atoms with Crippen molar-refractivity contribution >= 4 is 11.2 Å². The molecular weight excluding hydrogens is 284 g/mol. The zero-order valence-electron chi connectivity index (χ0n) is 12.7. The van der Waals surface area contributed by atoms with Crippen molar-refractivity contribution in [2.24, 2.45) is 0 Å². The van der Waals surface area contributed by atoms with Crippen LogP contribution in [-0.4, -0.2) is 58.9 Å². The molecule has 118 valence electrons. The monoisotopic (exact) mass is 304 g/mol. The van der Waals surface area contributed by atoms with Crippen molar-refractivity contribution in [1.82, 2.24) is 19.4 Å². The van der Waals surface area contributed by atoms with E-state index in [0.29, 0.717) is 24.3 Å². The second-order valence-corrected chi connectivity index (χ2v) is 5.11. The molecule has 0 N–H and O–H groups in total. The van der Waals surface area contributed by atoms with Crippen LogP contribution < -0.4 is 10.3 Å². The molecule has 0 bridgehead atoms. The van der Waals surface area contributed by atoms with Gasteiger partial charge in [0.2, 0.25) is 0 Å². The fourth-order valence-electron chi connectivity index (χ4n) is 2.56. The third kappa shape index (κ3) is 3.10. The van der Waals surface area contributed by atoms with Gasteiger partial charge in [-0.3, -0.25) is 14.3 Å². The zero-order valence-corrected chi connectivity index (χ0v) is 12.7. The van der Waals surface area contributed by atoms with Gasteiger partial charge in [-0.05, 0) is 19.1 Å². The van der Waals surface area contributed by atoms with Crippen LogP contribution in [0.4, 0.5) is 0 Å². The number of hydrogen-bond acceptors (Lipinski definition) is 6. The molecule has 1 fully saturated rings. The molecule has 0 aliphatic carbocycles. The van der Waals surface area contributed by atoms with Crippen molar-refractivity contribution in [3.63, 3.8) is 0 Å². The van der Waals surface area contributed by atoms with Crippen molar-refractivity contribution in [2.75, 3.05) is 39.5 Å². The van der Waals surface area contributed by atoms with E-state index >= 15 is 0 Å². The average molecular weight is 304 g/mol. The highest BCUT2D eigenvalue weighted by atomic mass is 16.5. The Hall–Kier alpha value is -1.99. The highest BCUT2D eigenvalue weighted by Crippen LogP contribution is 2.11. The van der Waals surface area contributed by atoms with E-state index in [1.807, 2.05) is 19.1 Å². The molecule has 0 aromatic carbocycles. The van der Waals surface area contributed by atoms with E-state index in [1.54, 1.807) is 10.8 Å². The molecule has 1 aliphatic heterocycles. The molecule has 0 atom stereocenters. The predicted octanol–water partition coefficient (Wildman–Crippen LogP) is 0.522. The summed E-state index contributed by atoms with van der Waals surface area (Å²) in [6.45, 7) is 6.87. The quantitative estimate of drug-likeness (QED) is 0.802. The van der Waals surface area contributed by atoms with Gasteiger partial charge < -0.3 is 9.47 Å². The van der Waals surface area contributed by atoms with Gasteiger partial charge in [-0.15, -0.1) is 0 Å². The topological polar surface area (TPSA) is 69.5 Å². The summed E-state index contributed by atoms with van der Waals surface area (Å²) >= 11 is 0. The summed E-state index contributed by atoms with van der Waals surface area (Å²) in [6, 6.07) is 3.65. The molecule has 2 aromatic heterocycles. The van der Waals surface area contributed by atoms with Gasteiger partial charge in [0.15, 0.2) is 5.65 Å². The number of aromatic nitrogens is 3. The molecule has 0 radical (unpaired) electrons. The molecule has 1 aliphatic rings. The maximum Gasteiger partial charge on any atom is 0.314 e. The van der Waals surface area contributed by atoms with Crippen LogP contribution in [0.2, 0.25) is 0 Å². The second-order valence-electron chi connectivity index (χ2n) is 5.11. The largest absolute Gasteiger partial charge is 0.474 e. The third-order valence-corrected chi connectivity index (χ3v) is 3.70. The van der Waals surface area contributed by atoms with Crippen LogP contribution in [0.25, 0.3) is 11.2 Å². The third-order valence-electron chi connectivity index (χ3n) is 3.70. The first kappa shape index (κ1) is 14.9. The average Bonchev–Trinajstić information content (AvgIpc) is 2.56. The Bertz CT molecular complexity index is 695. The number of morpholine rings is 1. The number of pyridine rings is 1. The molecule has 7 heteroatoms. The van der Waals surface area contributed by atoms with E-state index in [-0.39, 0.29) is 11.4 Å². The molecule has 7 nitrogen and oxygen atoms in total. The second kappa shape index (κ2) is 6.85. The normalized spacial score (nSPS) is 16.0. The first-order valence-corrected chi connectivity index (χ1v) is 7.58.